The Balaban J connectivity index is 1.35. The highest BCUT2D eigenvalue weighted by Crippen LogP contribution is 2.40. The summed E-state index contributed by atoms with van der Waals surface area (Å²) < 4.78 is 29.2. The molecule has 2 heterocycles. The zero-order valence-corrected chi connectivity index (χ0v) is 17.5. The van der Waals surface area contributed by atoms with Crippen LogP contribution in [0.2, 0.25) is 5.02 Å². The second-order valence-corrected chi connectivity index (χ2v) is 8.37. The molecule has 31 heavy (non-hydrogen) atoms. The fourth-order valence-corrected chi connectivity index (χ4v) is 4.65. The van der Waals surface area contributed by atoms with E-state index in [9.17, 15) is 13.6 Å². The van der Waals surface area contributed by atoms with Crippen LogP contribution in [0.4, 0.5) is 8.78 Å². The number of benzene rings is 2. The van der Waals surface area contributed by atoms with Crippen LogP contribution in [0.5, 0.6) is 0 Å². The Labute approximate surface area is 182 Å². The molecule has 5 rings (SSSR count). The molecule has 5 nitrogen and oxygen atoms in total. The smallest absolute Gasteiger partial charge is 0.250 e. The molecular weight excluding hydrogens is 422 g/mol. The number of hydrazone groups is 1. The van der Waals surface area contributed by atoms with Gasteiger partial charge in [-0.25, -0.2) is 13.8 Å². The van der Waals surface area contributed by atoms with Gasteiger partial charge in [0.05, 0.1) is 35.2 Å². The van der Waals surface area contributed by atoms with Crippen molar-refractivity contribution in [1.29, 1.82) is 0 Å². The molecule has 3 aromatic rings. The number of carbonyl (C=O) groups is 1. The van der Waals surface area contributed by atoms with Crippen LogP contribution in [0.25, 0.3) is 10.9 Å². The molecule has 0 saturated heterocycles. The Hall–Kier alpha value is -3.06. The van der Waals surface area contributed by atoms with Crippen molar-refractivity contribution in [3.63, 3.8) is 0 Å². The van der Waals surface area contributed by atoms with Gasteiger partial charge in [0.15, 0.2) is 0 Å². The van der Waals surface area contributed by atoms with E-state index in [1.54, 1.807) is 12.4 Å². The lowest BCUT2D eigenvalue weighted by molar-refractivity contribution is -0.136. The van der Waals surface area contributed by atoms with Crippen molar-refractivity contribution >= 4 is 34.6 Å². The summed E-state index contributed by atoms with van der Waals surface area (Å²) in [5, 5.41) is 11.6. The molecule has 1 aromatic heterocycles. The molecule has 0 saturated carbocycles. The number of para-hydroxylation sites is 1. The highest BCUT2D eigenvalue weighted by Gasteiger charge is 2.39. The first-order valence-electron chi connectivity index (χ1n) is 10.0. The summed E-state index contributed by atoms with van der Waals surface area (Å²) in [6, 6.07) is 8.51. The van der Waals surface area contributed by atoms with Crippen molar-refractivity contribution in [1.82, 2.24) is 14.8 Å². The second kappa shape index (κ2) is 7.57. The molecule has 2 aliphatic rings. The maximum absolute atomic E-state index is 13.7. The molecule has 2 atom stereocenters. The second-order valence-electron chi connectivity index (χ2n) is 7.96. The first-order chi connectivity index (χ1) is 14.9. The van der Waals surface area contributed by atoms with E-state index in [-0.39, 0.29) is 11.8 Å². The van der Waals surface area contributed by atoms with E-state index in [4.69, 9.17) is 11.6 Å². The third kappa shape index (κ3) is 3.43. The molecule has 0 bridgehead atoms. The maximum atomic E-state index is 13.7. The number of halogens is 3. The van der Waals surface area contributed by atoms with Crippen LogP contribution in [-0.4, -0.2) is 26.9 Å². The topological polar surface area (TPSA) is 50.5 Å². The third-order valence-corrected chi connectivity index (χ3v) is 6.41. The first kappa shape index (κ1) is 19.9. The monoisotopic (exact) mass is 440 g/mol. The molecule has 0 fully saturated rings. The van der Waals surface area contributed by atoms with Crippen LogP contribution in [0, 0.1) is 17.6 Å². The van der Waals surface area contributed by atoms with Crippen molar-refractivity contribution in [2.75, 3.05) is 0 Å². The van der Waals surface area contributed by atoms with Crippen molar-refractivity contribution < 1.29 is 13.6 Å². The SMILES string of the molecule is CC1=C(Cn2ncc3cccc(Cl)c32)CC1C(=O)N1N=CCC1c1cc(F)cc(F)c1. The number of amides is 1. The summed E-state index contributed by atoms with van der Waals surface area (Å²) in [4.78, 5) is 13.2. The van der Waals surface area contributed by atoms with Crippen LogP contribution in [0.1, 0.15) is 31.4 Å². The van der Waals surface area contributed by atoms with E-state index >= 15 is 0 Å². The van der Waals surface area contributed by atoms with Crippen LogP contribution in [0.15, 0.2) is 58.8 Å². The van der Waals surface area contributed by atoms with Gasteiger partial charge in [0.2, 0.25) is 0 Å². The van der Waals surface area contributed by atoms with Gasteiger partial charge in [-0.1, -0.05) is 29.3 Å². The number of rotatable bonds is 4. The van der Waals surface area contributed by atoms with E-state index in [1.165, 1.54) is 17.1 Å². The number of nitrogens with zero attached hydrogens (tertiary/aromatic N) is 4. The van der Waals surface area contributed by atoms with Gasteiger partial charge >= 0.3 is 0 Å². The zero-order valence-electron chi connectivity index (χ0n) is 16.7. The first-order valence-corrected chi connectivity index (χ1v) is 10.4. The van der Waals surface area contributed by atoms with Crippen LogP contribution in [0.3, 0.4) is 0 Å². The minimum absolute atomic E-state index is 0.159. The van der Waals surface area contributed by atoms with Gasteiger partial charge in [-0.3, -0.25) is 9.48 Å². The number of hydrogen-bond acceptors (Lipinski definition) is 3. The van der Waals surface area contributed by atoms with Crippen molar-refractivity contribution in [3.05, 3.63) is 76.0 Å². The summed E-state index contributed by atoms with van der Waals surface area (Å²) in [6.45, 7) is 2.50. The summed E-state index contributed by atoms with van der Waals surface area (Å²) in [7, 11) is 0. The zero-order chi connectivity index (χ0) is 21.7. The summed E-state index contributed by atoms with van der Waals surface area (Å²) in [6.07, 6.45) is 4.41. The van der Waals surface area contributed by atoms with Crippen LogP contribution < -0.4 is 0 Å². The predicted molar refractivity (Wildman–Crippen MR) is 115 cm³/mol. The highest BCUT2D eigenvalue weighted by molar-refractivity contribution is 6.35. The van der Waals surface area contributed by atoms with Gasteiger partial charge in [0.25, 0.3) is 5.91 Å². The Morgan fingerprint density at radius 1 is 1.23 bits per heavy atom. The van der Waals surface area contributed by atoms with Crippen LogP contribution >= 0.6 is 11.6 Å². The van der Waals surface area contributed by atoms with Gasteiger partial charge in [0.1, 0.15) is 11.6 Å². The molecule has 1 amide bonds. The summed E-state index contributed by atoms with van der Waals surface area (Å²) >= 11 is 6.34. The normalized spacial score (nSPS) is 20.6. The minimum Gasteiger partial charge on any atom is -0.272 e. The lowest BCUT2D eigenvalue weighted by atomic mass is 9.77. The number of allylic oxidation sites excluding steroid dienone is 1. The lowest BCUT2D eigenvalue weighted by Gasteiger charge is -2.34. The molecule has 2 aromatic carbocycles. The molecule has 0 radical (unpaired) electrons. The van der Waals surface area contributed by atoms with E-state index in [2.05, 4.69) is 10.2 Å². The third-order valence-electron chi connectivity index (χ3n) is 6.11. The van der Waals surface area contributed by atoms with Gasteiger partial charge < -0.3 is 0 Å². The van der Waals surface area contributed by atoms with E-state index in [1.807, 2.05) is 29.8 Å². The number of carbonyl (C=O) groups excluding carboxylic acids is 1. The van der Waals surface area contributed by atoms with Gasteiger partial charge in [-0.15, -0.1) is 0 Å². The highest BCUT2D eigenvalue weighted by atomic mass is 35.5. The molecule has 2 unspecified atom stereocenters. The van der Waals surface area contributed by atoms with Gasteiger partial charge in [-0.05, 0) is 42.7 Å². The molecule has 1 aliphatic carbocycles. The minimum atomic E-state index is -0.665. The Kier molecular flexibility index (Phi) is 4.85. The summed E-state index contributed by atoms with van der Waals surface area (Å²) in [5.74, 6) is -1.79. The number of fused-ring (bicyclic) bond motifs is 1. The Morgan fingerprint density at radius 2 is 2.00 bits per heavy atom. The molecular formula is C23H19ClF2N4O. The quantitative estimate of drug-likeness (QED) is 0.519. The van der Waals surface area contributed by atoms with Crippen molar-refractivity contribution in [2.24, 2.45) is 11.0 Å². The molecule has 1 aliphatic heterocycles. The number of aromatic nitrogens is 2. The lowest BCUT2D eigenvalue weighted by Crippen LogP contribution is -2.38. The maximum Gasteiger partial charge on any atom is 0.250 e. The van der Waals surface area contributed by atoms with E-state index < -0.39 is 17.7 Å². The van der Waals surface area contributed by atoms with Crippen molar-refractivity contribution in [3.8, 4) is 0 Å². The fraction of sp³-hybridized carbons (Fsp3) is 0.261. The molecule has 158 valence electrons. The predicted octanol–water partition coefficient (Wildman–Crippen LogP) is 5.26. The summed E-state index contributed by atoms with van der Waals surface area (Å²) in [5.41, 5.74) is 3.38. The van der Waals surface area contributed by atoms with Crippen LogP contribution in [-0.2, 0) is 11.3 Å². The fourth-order valence-electron chi connectivity index (χ4n) is 4.37. The van der Waals surface area contributed by atoms with E-state index in [0.717, 1.165) is 28.1 Å². The average Bonchev–Trinajstić information content (AvgIpc) is 3.37. The standard InChI is InChI=1S/C23H19ClF2N4O/c1-13-16(12-29-22-14(11-28-29)3-2-4-20(22)24)9-19(13)23(31)30-21(5-6-27-30)15-7-17(25)10-18(26)8-15/h2-4,6-8,10-11,19,21H,5,9,12H2,1H3. The van der Waals surface area contributed by atoms with Gasteiger partial charge in [-0.2, -0.15) is 10.2 Å². The number of hydrogen-bond donors (Lipinski definition) is 0. The molecule has 0 N–H and O–H groups in total. The molecule has 0 spiro atoms. The largest absolute Gasteiger partial charge is 0.272 e. The Bertz CT molecular complexity index is 1250. The molecule has 8 heteroatoms. The average molecular weight is 441 g/mol. The van der Waals surface area contributed by atoms with E-state index in [0.29, 0.717) is 30.0 Å². The van der Waals surface area contributed by atoms with Gasteiger partial charge in [0, 0.05) is 24.1 Å². The van der Waals surface area contributed by atoms with Crippen molar-refractivity contribution in [2.45, 2.75) is 32.4 Å². The Morgan fingerprint density at radius 3 is 2.74 bits per heavy atom.